The summed E-state index contributed by atoms with van der Waals surface area (Å²) in [5.74, 6) is -2.50. The highest BCUT2D eigenvalue weighted by atomic mass is 28.3. The van der Waals surface area contributed by atoms with E-state index < -0.39 is 55.1 Å². The quantitative estimate of drug-likeness (QED) is 0.0351. The van der Waals surface area contributed by atoms with Crippen molar-refractivity contribution in [1.82, 2.24) is 20.6 Å². The van der Waals surface area contributed by atoms with E-state index in [1.165, 1.54) is 0 Å². The van der Waals surface area contributed by atoms with Crippen LogP contribution in [0.25, 0.3) is 0 Å². The highest BCUT2D eigenvalue weighted by molar-refractivity contribution is 6.80. The van der Waals surface area contributed by atoms with Crippen LogP contribution in [0.5, 0.6) is 0 Å². The third-order valence-corrected chi connectivity index (χ3v) is 13.3. The van der Waals surface area contributed by atoms with Gasteiger partial charge in [-0.05, 0) is 29.4 Å². The minimum absolute atomic E-state index is 0.0372. The van der Waals surface area contributed by atoms with E-state index >= 15 is 0 Å². The predicted octanol–water partition coefficient (Wildman–Crippen LogP) is 1.84. The summed E-state index contributed by atoms with van der Waals surface area (Å²) in [6, 6.07) is 6.36. The summed E-state index contributed by atoms with van der Waals surface area (Å²) >= 11 is 0. The van der Waals surface area contributed by atoms with Gasteiger partial charge >= 0.3 is 5.97 Å². The molecule has 0 radical (unpaired) electrons. The van der Waals surface area contributed by atoms with Crippen molar-refractivity contribution in [3.05, 3.63) is 46.0 Å². The molecule has 1 heterocycles. The summed E-state index contributed by atoms with van der Waals surface area (Å²) < 4.78 is 7.14. The maximum atomic E-state index is 13.5. The smallest absolute Gasteiger partial charge is 0.329 e. The molecule has 1 aromatic carbocycles. The molecule has 1 fully saturated rings. The molecule has 1 saturated heterocycles. The Labute approximate surface area is 253 Å². The lowest BCUT2D eigenvalue weighted by molar-refractivity contribution is -0.525. The lowest BCUT2D eigenvalue weighted by Gasteiger charge is -2.54. The maximum Gasteiger partial charge on any atom is 0.329 e. The van der Waals surface area contributed by atoms with Crippen molar-refractivity contribution in [2.75, 3.05) is 6.54 Å². The first kappa shape index (κ1) is 35.2. The van der Waals surface area contributed by atoms with E-state index in [1.54, 1.807) is 23.8 Å². The molecule has 238 valence electrons. The Morgan fingerprint density at radius 1 is 1.19 bits per heavy atom. The summed E-state index contributed by atoms with van der Waals surface area (Å²) in [6.07, 6.45) is 0.372. The van der Waals surface area contributed by atoms with Gasteiger partial charge in [-0.1, -0.05) is 83.5 Å². The molecule has 3 amide bonds. The Bertz CT molecular complexity index is 1200. The molecular weight excluding hydrogens is 574 g/mol. The van der Waals surface area contributed by atoms with Gasteiger partial charge in [0.15, 0.2) is 13.3 Å². The molecule has 0 saturated carbocycles. The first-order valence-electron chi connectivity index (χ1n) is 14.3. The van der Waals surface area contributed by atoms with Gasteiger partial charge in [0, 0.05) is 6.54 Å². The van der Waals surface area contributed by atoms with Gasteiger partial charge in [0.1, 0.15) is 24.7 Å². The molecule has 0 spiro atoms. The number of hydrogen-bond acceptors (Lipinski definition) is 8. The number of nitro groups is 1. The van der Waals surface area contributed by atoms with Crippen LogP contribution in [0.15, 0.2) is 35.3 Å². The van der Waals surface area contributed by atoms with E-state index in [-0.39, 0.29) is 49.3 Å². The summed E-state index contributed by atoms with van der Waals surface area (Å²) in [5, 5.41) is 15.0. The van der Waals surface area contributed by atoms with Crippen LogP contribution in [0, 0.1) is 16.0 Å². The molecule has 14 nitrogen and oxygen atoms in total. The molecule has 0 bridgehead atoms. The van der Waals surface area contributed by atoms with Gasteiger partial charge in [0.25, 0.3) is 5.96 Å². The van der Waals surface area contributed by atoms with Crippen LogP contribution >= 0.6 is 0 Å². The van der Waals surface area contributed by atoms with Crippen molar-refractivity contribution in [3.63, 3.8) is 0 Å². The second-order valence-electron chi connectivity index (χ2n) is 12.5. The first-order valence-corrected chi connectivity index (χ1v) is 17.2. The Morgan fingerprint density at radius 2 is 1.81 bits per heavy atom. The number of nitrogens with two attached hydrogens (primary N) is 1. The fourth-order valence-electron chi connectivity index (χ4n) is 4.42. The monoisotopic (exact) mass is 619 g/mol. The molecule has 0 aromatic heterocycles. The molecule has 5 N–H and O–H groups in total. The molecule has 43 heavy (non-hydrogen) atoms. The van der Waals surface area contributed by atoms with Crippen LogP contribution in [-0.4, -0.2) is 72.2 Å². The lowest BCUT2D eigenvalue weighted by Crippen LogP contribution is -2.72. The average molecular weight is 620 g/mol. The Balaban J connectivity index is 2.19. The SMILES string of the molecule is CC(C)[C@H](NC(=O)[C@H](CCCN=C(N)N[N+](=O)[O-])NC(=O)C1CC(=O)N1[Si](C)(C)C(C)(C)C)C(=O)OCc1ccccc1. The fraction of sp³-hybridized carbons (Fsp3) is 0.607. The summed E-state index contributed by atoms with van der Waals surface area (Å²) in [5.41, 5.74) is 8.00. The standard InChI is InChI=1S/C28H45N7O7Si/c1-18(2)23(26(39)42-17-19-12-9-8-10-13-19)32-24(37)20(14-11-15-30-27(29)33-35(40)41)31-25(38)21-16-22(36)34(21)43(6,7)28(3,4)5/h8-10,12-13,18,20-21,23H,11,14-17H2,1-7H3,(H,31,38)(H,32,37)(H3,29,30,33)/t20-,21?,23-/m0/s1. The number of amides is 3. The molecule has 1 aliphatic rings. The van der Waals surface area contributed by atoms with E-state index in [9.17, 15) is 29.3 Å². The first-order chi connectivity index (χ1) is 20.0. The van der Waals surface area contributed by atoms with Crippen molar-refractivity contribution in [2.24, 2.45) is 16.6 Å². The molecule has 3 atom stereocenters. The summed E-state index contributed by atoms with van der Waals surface area (Å²) in [7, 11) is -2.37. The zero-order chi connectivity index (χ0) is 32.5. The minimum Gasteiger partial charge on any atom is -0.459 e. The third kappa shape index (κ3) is 9.76. The van der Waals surface area contributed by atoms with Gasteiger partial charge in [-0.25, -0.2) is 19.9 Å². The van der Waals surface area contributed by atoms with Crippen LogP contribution in [0.1, 0.15) is 59.4 Å². The fourth-order valence-corrected chi connectivity index (χ4v) is 6.84. The minimum atomic E-state index is -2.37. The van der Waals surface area contributed by atoms with Crippen LogP contribution < -0.4 is 21.8 Å². The Hall–Kier alpha value is -4.01. The van der Waals surface area contributed by atoms with E-state index in [0.717, 1.165) is 5.56 Å². The Kier molecular flexibility index (Phi) is 12.2. The summed E-state index contributed by atoms with van der Waals surface area (Å²) in [6.45, 7) is 13.8. The van der Waals surface area contributed by atoms with Gasteiger partial charge in [-0.2, -0.15) is 0 Å². The second-order valence-corrected chi connectivity index (χ2v) is 17.6. The van der Waals surface area contributed by atoms with Crippen LogP contribution in [0.3, 0.4) is 0 Å². The largest absolute Gasteiger partial charge is 0.459 e. The molecule has 1 aromatic rings. The van der Waals surface area contributed by atoms with E-state index in [4.69, 9.17) is 10.5 Å². The number of carbonyl (C=O) groups excluding carboxylic acids is 4. The third-order valence-electron chi connectivity index (χ3n) is 7.90. The molecule has 1 aliphatic heterocycles. The van der Waals surface area contributed by atoms with Crippen LogP contribution in [0.2, 0.25) is 18.1 Å². The average Bonchev–Trinajstić information content (AvgIpc) is 2.89. The van der Waals surface area contributed by atoms with E-state index in [0.29, 0.717) is 0 Å². The van der Waals surface area contributed by atoms with E-state index in [2.05, 4.69) is 15.6 Å². The van der Waals surface area contributed by atoms with Crippen molar-refractivity contribution >= 4 is 37.9 Å². The van der Waals surface area contributed by atoms with Gasteiger partial charge in [0.2, 0.25) is 17.7 Å². The van der Waals surface area contributed by atoms with Crippen LogP contribution in [-0.2, 0) is 30.5 Å². The number of aliphatic imine (C=N–C) groups is 1. The van der Waals surface area contributed by atoms with E-state index in [1.807, 2.05) is 64.2 Å². The number of hydrogen-bond donors (Lipinski definition) is 4. The predicted molar refractivity (Wildman–Crippen MR) is 163 cm³/mol. The van der Waals surface area contributed by atoms with Crippen molar-refractivity contribution in [3.8, 4) is 0 Å². The van der Waals surface area contributed by atoms with Crippen LogP contribution in [0.4, 0.5) is 0 Å². The van der Waals surface area contributed by atoms with Gasteiger partial charge < -0.3 is 25.7 Å². The molecule has 2 rings (SSSR count). The number of benzene rings is 1. The van der Waals surface area contributed by atoms with Gasteiger partial charge in [-0.15, -0.1) is 0 Å². The number of nitrogens with one attached hydrogen (secondary N) is 3. The lowest BCUT2D eigenvalue weighted by atomic mass is 10.0. The highest BCUT2D eigenvalue weighted by Gasteiger charge is 2.54. The number of rotatable bonds is 14. The van der Waals surface area contributed by atoms with Crippen molar-refractivity contribution in [2.45, 2.75) is 96.7 Å². The number of guanidine groups is 1. The number of hydrazine groups is 1. The number of nitrogens with zero attached hydrogens (tertiary/aromatic N) is 3. The number of carbonyl (C=O) groups is 4. The van der Waals surface area contributed by atoms with Gasteiger partial charge in [-0.3, -0.25) is 14.4 Å². The van der Waals surface area contributed by atoms with Gasteiger partial charge in [0.05, 0.1) is 6.42 Å². The normalized spacial score (nSPS) is 17.0. The molecule has 1 unspecified atom stereocenters. The number of ether oxygens (including phenoxy) is 1. The topological polar surface area (TPSA) is 198 Å². The summed E-state index contributed by atoms with van der Waals surface area (Å²) in [4.78, 5) is 67.0. The highest BCUT2D eigenvalue weighted by Crippen LogP contribution is 2.42. The second kappa shape index (κ2) is 14.9. The molecular formula is C28H45N7O7Si. The zero-order valence-electron chi connectivity index (χ0n) is 26.0. The molecule has 15 heteroatoms. The maximum absolute atomic E-state index is 13.5. The molecule has 0 aliphatic carbocycles. The number of esters is 1. The number of β-lactam (4-membered cyclic amide) rings is 1. The zero-order valence-corrected chi connectivity index (χ0v) is 27.0. The van der Waals surface area contributed by atoms with Crippen molar-refractivity contribution in [1.29, 1.82) is 0 Å². The Morgan fingerprint density at radius 3 is 2.35 bits per heavy atom. The van der Waals surface area contributed by atoms with Crippen molar-refractivity contribution < 1.29 is 28.9 Å².